The summed E-state index contributed by atoms with van der Waals surface area (Å²) in [6, 6.07) is 8.90. The molecule has 0 fully saturated rings. The molecule has 12 heavy (non-hydrogen) atoms. The lowest BCUT2D eigenvalue weighted by molar-refractivity contribution is -0.129. The number of carbonyl (C=O) groups is 1. The maximum Gasteiger partial charge on any atom is 0.344 e. The van der Waals surface area contributed by atoms with Gasteiger partial charge in [-0.2, -0.15) is 0 Å². The van der Waals surface area contributed by atoms with Crippen LogP contribution in [0.2, 0.25) is 0 Å². The van der Waals surface area contributed by atoms with E-state index in [0.29, 0.717) is 5.75 Å². The minimum atomic E-state index is -0.469. The first-order valence-corrected chi connectivity index (χ1v) is 3.64. The fourth-order valence-corrected chi connectivity index (χ4v) is 0.743. The quantitative estimate of drug-likeness (QED) is 0.376. The molecule has 0 aliphatic carbocycles. The van der Waals surface area contributed by atoms with E-state index in [4.69, 9.17) is 4.74 Å². The van der Waals surface area contributed by atoms with E-state index in [2.05, 4.69) is 6.08 Å². The highest BCUT2D eigenvalue weighted by Gasteiger charge is 1.97. The van der Waals surface area contributed by atoms with Crippen LogP contribution < -0.4 is 4.74 Å². The summed E-state index contributed by atoms with van der Waals surface area (Å²) in [5, 5.41) is 0. The molecule has 0 amide bonds. The van der Waals surface area contributed by atoms with Gasteiger partial charge in [0, 0.05) is 0 Å². The van der Waals surface area contributed by atoms with E-state index < -0.39 is 5.97 Å². The molecule has 1 radical (unpaired) electrons. The second-order valence-electron chi connectivity index (χ2n) is 2.14. The molecular weight excluding hydrogens is 152 g/mol. The topological polar surface area (TPSA) is 26.3 Å². The molecule has 1 rings (SSSR count). The van der Waals surface area contributed by atoms with Crippen LogP contribution in [0.25, 0.3) is 0 Å². The molecule has 0 aliphatic rings. The molecule has 0 N–H and O–H groups in total. The number of ether oxygens (including phenoxy) is 1. The van der Waals surface area contributed by atoms with Crippen molar-refractivity contribution in [3.05, 3.63) is 42.5 Å². The Hall–Kier alpha value is -1.57. The van der Waals surface area contributed by atoms with E-state index in [9.17, 15) is 4.79 Å². The standard InChI is InChI=1S/C10H9O2/c1-2-6-10(11)12-9-7-4-3-5-8-9/h2-5,7-8H,1H3. The molecule has 0 atom stereocenters. The van der Waals surface area contributed by atoms with Crippen LogP contribution in [0.4, 0.5) is 0 Å². The fraction of sp³-hybridized carbons (Fsp3) is 0.100. The van der Waals surface area contributed by atoms with E-state index in [0.717, 1.165) is 0 Å². The van der Waals surface area contributed by atoms with E-state index >= 15 is 0 Å². The van der Waals surface area contributed by atoms with Crippen LogP contribution in [0.3, 0.4) is 0 Å². The number of rotatable bonds is 2. The predicted octanol–water partition coefficient (Wildman–Crippen LogP) is 1.97. The molecule has 0 saturated carbocycles. The van der Waals surface area contributed by atoms with Crippen LogP contribution in [-0.4, -0.2) is 5.97 Å². The Bertz CT molecular complexity index is 275. The van der Waals surface area contributed by atoms with E-state index in [1.807, 2.05) is 6.07 Å². The Labute approximate surface area is 71.5 Å². The van der Waals surface area contributed by atoms with Gasteiger partial charge in [0.25, 0.3) is 0 Å². The van der Waals surface area contributed by atoms with Crippen LogP contribution in [-0.2, 0) is 4.79 Å². The molecule has 1 aromatic rings. The average Bonchev–Trinajstić information content (AvgIpc) is 2.06. The van der Waals surface area contributed by atoms with Crippen molar-refractivity contribution < 1.29 is 9.53 Å². The van der Waals surface area contributed by atoms with Crippen LogP contribution in [0.1, 0.15) is 6.92 Å². The molecule has 0 bridgehead atoms. The second-order valence-corrected chi connectivity index (χ2v) is 2.14. The Balaban J connectivity index is 2.59. The number of para-hydroxylation sites is 1. The monoisotopic (exact) mass is 161 g/mol. The Morgan fingerprint density at radius 3 is 2.67 bits per heavy atom. The highest BCUT2D eigenvalue weighted by atomic mass is 16.5. The molecule has 1 aromatic carbocycles. The van der Waals surface area contributed by atoms with Crippen molar-refractivity contribution in [2.75, 3.05) is 0 Å². The van der Waals surface area contributed by atoms with Gasteiger partial charge in [0.05, 0.1) is 6.08 Å². The van der Waals surface area contributed by atoms with Crippen molar-refractivity contribution in [2.24, 2.45) is 0 Å². The van der Waals surface area contributed by atoms with Gasteiger partial charge in [-0.25, -0.2) is 4.79 Å². The van der Waals surface area contributed by atoms with E-state index in [1.165, 1.54) is 6.08 Å². The fourth-order valence-electron chi connectivity index (χ4n) is 0.743. The Kier molecular flexibility index (Phi) is 3.08. The highest BCUT2D eigenvalue weighted by molar-refractivity contribution is 5.79. The maximum atomic E-state index is 10.8. The lowest BCUT2D eigenvalue weighted by atomic mass is 10.3. The first-order chi connectivity index (χ1) is 5.83. The number of esters is 1. The van der Waals surface area contributed by atoms with E-state index in [1.54, 1.807) is 31.2 Å². The average molecular weight is 161 g/mol. The smallest absolute Gasteiger partial charge is 0.344 e. The van der Waals surface area contributed by atoms with Crippen LogP contribution in [0.15, 0.2) is 36.4 Å². The SMILES string of the molecule is C/C=[C]/C(=O)Oc1ccccc1. The van der Waals surface area contributed by atoms with Gasteiger partial charge in [-0.05, 0) is 19.1 Å². The van der Waals surface area contributed by atoms with Gasteiger partial charge in [0.2, 0.25) is 0 Å². The number of hydrogen-bond acceptors (Lipinski definition) is 2. The third-order valence-corrected chi connectivity index (χ3v) is 1.22. The summed E-state index contributed by atoms with van der Waals surface area (Å²) in [4.78, 5) is 10.8. The van der Waals surface area contributed by atoms with Crippen molar-refractivity contribution >= 4 is 5.97 Å². The van der Waals surface area contributed by atoms with Gasteiger partial charge >= 0.3 is 5.97 Å². The van der Waals surface area contributed by atoms with Crippen molar-refractivity contribution in [3.63, 3.8) is 0 Å². The molecule has 0 spiro atoms. The molecule has 2 heteroatoms. The van der Waals surface area contributed by atoms with Crippen LogP contribution in [0, 0.1) is 6.08 Å². The predicted molar refractivity (Wildman–Crippen MR) is 45.6 cm³/mol. The van der Waals surface area contributed by atoms with Gasteiger partial charge in [-0.1, -0.05) is 24.3 Å². The van der Waals surface area contributed by atoms with Crippen molar-refractivity contribution in [1.29, 1.82) is 0 Å². The number of allylic oxidation sites excluding steroid dienone is 1. The minimum absolute atomic E-state index is 0.469. The molecule has 0 aromatic heterocycles. The van der Waals surface area contributed by atoms with Crippen LogP contribution >= 0.6 is 0 Å². The second kappa shape index (κ2) is 4.34. The minimum Gasteiger partial charge on any atom is -0.423 e. The first kappa shape index (κ1) is 8.53. The normalized spacial score (nSPS) is 10.1. The summed E-state index contributed by atoms with van der Waals surface area (Å²) in [7, 11) is 0. The molecule has 0 aliphatic heterocycles. The summed E-state index contributed by atoms with van der Waals surface area (Å²) in [6.07, 6.45) is 3.93. The number of carbonyl (C=O) groups excluding carboxylic acids is 1. The lowest BCUT2D eigenvalue weighted by Gasteiger charge is -1.98. The van der Waals surface area contributed by atoms with Gasteiger partial charge in [0.15, 0.2) is 0 Å². The molecule has 0 saturated heterocycles. The Morgan fingerprint density at radius 1 is 1.42 bits per heavy atom. The third kappa shape index (κ3) is 2.58. The molecule has 61 valence electrons. The van der Waals surface area contributed by atoms with Gasteiger partial charge in [0.1, 0.15) is 5.75 Å². The summed E-state index contributed by atoms with van der Waals surface area (Å²) in [5.41, 5.74) is 0. The van der Waals surface area contributed by atoms with Crippen molar-refractivity contribution in [1.82, 2.24) is 0 Å². The van der Waals surface area contributed by atoms with Gasteiger partial charge in [-0.3, -0.25) is 0 Å². The summed E-state index contributed by atoms with van der Waals surface area (Å²) < 4.78 is 4.87. The summed E-state index contributed by atoms with van der Waals surface area (Å²) >= 11 is 0. The largest absolute Gasteiger partial charge is 0.423 e. The number of benzene rings is 1. The molecular formula is C10H9O2. The first-order valence-electron chi connectivity index (χ1n) is 3.64. The number of hydrogen-bond donors (Lipinski definition) is 0. The zero-order chi connectivity index (χ0) is 8.81. The zero-order valence-electron chi connectivity index (χ0n) is 6.78. The van der Waals surface area contributed by atoms with Gasteiger partial charge in [-0.15, -0.1) is 0 Å². The van der Waals surface area contributed by atoms with Crippen molar-refractivity contribution in [2.45, 2.75) is 6.92 Å². The highest BCUT2D eigenvalue weighted by Crippen LogP contribution is 2.08. The van der Waals surface area contributed by atoms with Gasteiger partial charge < -0.3 is 4.74 Å². The zero-order valence-corrected chi connectivity index (χ0v) is 6.78. The lowest BCUT2D eigenvalue weighted by Crippen LogP contribution is -2.03. The molecule has 0 heterocycles. The summed E-state index contributed by atoms with van der Waals surface area (Å²) in [5.74, 6) is 0.0700. The maximum absolute atomic E-state index is 10.8. The van der Waals surface area contributed by atoms with E-state index in [-0.39, 0.29) is 0 Å². The van der Waals surface area contributed by atoms with Crippen LogP contribution in [0.5, 0.6) is 5.75 Å². The third-order valence-electron chi connectivity index (χ3n) is 1.22. The Morgan fingerprint density at radius 2 is 2.08 bits per heavy atom. The molecule has 0 unspecified atom stereocenters. The van der Waals surface area contributed by atoms with Crippen molar-refractivity contribution in [3.8, 4) is 5.75 Å². The molecule has 2 nitrogen and oxygen atoms in total. The summed E-state index contributed by atoms with van der Waals surface area (Å²) in [6.45, 7) is 1.71.